The van der Waals surface area contributed by atoms with Crippen LogP contribution in [0.1, 0.15) is 59.4 Å². The number of carbonyl (C=O) groups excluding carboxylic acids is 2. The van der Waals surface area contributed by atoms with Gasteiger partial charge in [0, 0.05) is 24.3 Å². The van der Waals surface area contributed by atoms with Gasteiger partial charge in [0.05, 0.1) is 6.04 Å². The number of nitrogens with one attached hydrogen (secondary N) is 2. The molecule has 1 atom stereocenters. The first-order valence-corrected chi connectivity index (χ1v) is 10.5. The van der Waals surface area contributed by atoms with E-state index in [1.54, 1.807) is 4.90 Å². The molecule has 1 aromatic carbocycles. The van der Waals surface area contributed by atoms with E-state index in [9.17, 15) is 18.4 Å². The summed E-state index contributed by atoms with van der Waals surface area (Å²) >= 11 is 1.10. The van der Waals surface area contributed by atoms with E-state index in [-0.39, 0.29) is 28.8 Å². The number of hydrogen-bond donors (Lipinski definition) is 2. The summed E-state index contributed by atoms with van der Waals surface area (Å²) in [5.41, 5.74) is 0.129. The number of halogens is 2. The van der Waals surface area contributed by atoms with Crippen molar-refractivity contribution in [2.45, 2.75) is 50.6 Å². The van der Waals surface area contributed by atoms with Gasteiger partial charge in [-0.2, -0.15) is 0 Å². The molecular weight excluding hydrogens is 400 g/mol. The highest BCUT2D eigenvalue weighted by molar-refractivity contribution is 7.13. The first-order chi connectivity index (χ1) is 14.0. The number of carbonyl (C=O) groups is 2. The second-order valence-corrected chi connectivity index (χ2v) is 8.32. The van der Waals surface area contributed by atoms with Gasteiger partial charge >= 0.3 is 6.03 Å². The van der Waals surface area contributed by atoms with Gasteiger partial charge in [-0.3, -0.25) is 4.79 Å². The van der Waals surface area contributed by atoms with Gasteiger partial charge in [-0.05, 0) is 37.8 Å². The molecule has 0 spiro atoms. The van der Waals surface area contributed by atoms with Gasteiger partial charge in [-0.15, -0.1) is 10.2 Å². The minimum atomic E-state index is -1.05. The molecule has 0 radical (unpaired) electrons. The third-order valence-corrected chi connectivity index (χ3v) is 6.32. The summed E-state index contributed by atoms with van der Waals surface area (Å²) in [4.78, 5) is 26.8. The molecule has 7 nitrogen and oxygen atoms in total. The Bertz CT molecular complexity index is 916. The van der Waals surface area contributed by atoms with Gasteiger partial charge in [0.25, 0.3) is 5.91 Å². The van der Waals surface area contributed by atoms with E-state index in [1.807, 2.05) is 0 Å². The fourth-order valence-electron chi connectivity index (χ4n) is 3.81. The molecule has 2 heterocycles. The molecule has 4 rings (SSSR count). The van der Waals surface area contributed by atoms with E-state index in [1.165, 1.54) is 6.07 Å². The maximum Gasteiger partial charge on any atom is 0.318 e. The average molecular weight is 421 g/mol. The standard InChI is InChI=1S/C19H21F2N5O2S/c20-13-8-7-12(10-14(13)21)22-16(27)18-25-24-17(29-18)15-6-3-9-26(15)19(28)23-11-4-1-2-5-11/h7-8,10-11,15H,1-6,9H2,(H,22,27)(H,23,28)/t15-/m1/s1. The highest BCUT2D eigenvalue weighted by Crippen LogP contribution is 2.34. The molecular formula is C19H21F2N5O2S. The molecule has 1 aliphatic carbocycles. The maximum atomic E-state index is 13.3. The third kappa shape index (κ3) is 4.36. The first-order valence-electron chi connectivity index (χ1n) is 9.68. The monoisotopic (exact) mass is 421 g/mol. The Morgan fingerprint density at radius 2 is 1.86 bits per heavy atom. The first kappa shape index (κ1) is 19.7. The second kappa shape index (κ2) is 8.40. The zero-order valence-electron chi connectivity index (χ0n) is 15.7. The van der Waals surface area contributed by atoms with Crippen molar-refractivity contribution >= 4 is 29.0 Å². The molecule has 2 N–H and O–H groups in total. The van der Waals surface area contributed by atoms with Crippen molar-refractivity contribution in [2.24, 2.45) is 0 Å². The lowest BCUT2D eigenvalue weighted by Gasteiger charge is -2.25. The number of likely N-dealkylation sites (tertiary alicyclic amines) is 1. The van der Waals surface area contributed by atoms with E-state index in [2.05, 4.69) is 20.8 Å². The molecule has 0 bridgehead atoms. The van der Waals surface area contributed by atoms with E-state index < -0.39 is 17.5 Å². The molecule has 3 amide bonds. The minimum absolute atomic E-state index is 0.0950. The van der Waals surface area contributed by atoms with Crippen LogP contribution in [0.25, 0.3) is 0 Å². The third-order valence-electron chi connectivity index (χ3n) is 5.29. The fourth-order valence-corrected chi connectivity index (χ4v) is 4.70. The van der Waals surface area contributed by atoms with Crippen molar-refractivity contribution in [3.63, 3.8) is 0 Å². The molecule has 2 aliphatic rings. The van der Waals surface area contributed by atoms with Gasteiger partial charge in [0.1, 0.15) is 5.01 Å². The Morgan fingerprint density at radius 1 is 1.07 bits per heavy atom. The molecule has 2 fully saturated rings. The molecule has 154 valence electrons. The van der Waals surface area contributed by atoms with E-state index in [4.69, 9.17) is 0 Å². The molecule has 0 unspecified atom stereocenters. The molecule has 1 aliphatic heterocycles. The Hall–Kier alpha value is -2.62. The normalized spacial score (nSPS) is 19.5. The summed E-state index contributed by atoms with van der Waals surface area (Å²) in [6, 6.07) is 3.04. The van der Waals surface area contributed by atoms with Gasteiger partial charge < -0.3 is 15.5 Å². The van der Waals surface area contributed by atoms with Crippen LogP contribution in [0.4, 0.5) is 19.3 Å². The van der Waals surface area contributed by atoms with Crippen LogP contribution in [0.2, 0.25) is 0 Å². The number of anilines is 1. The number of aromatic nitrogens is 2. The summed E-state index contributed by atoms with van der Waals surface area (Å²) in [5, 5.41) is 14.3. The highest BCUT2D eigenvalue weighted by atomic mass is 32.1. The minimum Gasteiger partial charge on any atom is -0.335 e. The predicted octanol–water partition coefficient (Wildman–Crippen LogP) is 3.86. The zero-order valence-corrected chi connectivity index (χ0v) is 16.5. The van der Waals surface area contributed by atoms with Crippen LogP contribution in [0.3, 0.4) is 0 Å². The summed E-state index contributed by atoms with van der Waals surface area (Å²) in [6.45, 7) is 0.638. The number of urea groups is 1. The van der Waals surface area contributed by atoms with Crippen molar-refractivity contribution in [2.75, 3.05) is 11.9 Å². The lowest BCUT2D eigenvalue weighted by molar-refractivity contribution is 0.102. The van der Waals surface area contributed by atoms with Crippen molar-refractivity contribution in [3.8, 4) is 0 Å². The van der Waals surface area contributed by atoms with Crippen molar-refractivity contribution in [3.05, 3.63) is 39.8 Å². The Morgan fingerprint density at radius 3 is 2.62 bits per heavy atom. The van der Waals surface area contributed by atoms with Crippen LogP contribution in [0, 0.1) is 11.6 Å². The number of hydrogen-bond acceptors (Lipinski definition) is 5. The van der Waals surface area contributed by atoms with E-state index >= 15 is 0 Å². The van der Waals surface area contributed by atoms with Crippen molar-refractivity contribution in [1.29, 1.82) is 0 Å². The zero-order chi connectivity index (χ0) is 20.4. The molecule has 10 heteroatoms. The number of benzene rings is 1. The van der Waals surface area contributed by atoms with Crippen LogP contribution >= 0.6 is 11.3 Å². The summed E-state index contributed by atoms with van der Waals surface area (Å²) in [7, 11) is 0. The Labute approximate surface area is 170 Å². The average Bonchev–Trinajstić information content (AvgIpc) is 3.45. The number of nitrogens with zero attached hydrogens (tertiary/aromatic N) is 3. The van der Waals surface area contributed by atoms with Gasteiger partial charge in [0.2, 0.25) is 5.01 Å². The van der Waals surface area contributed by atoms with Crippen LogP contribution in [-0.2, 0) is 0 Å². The van der Waals surface area contributed by atoms with Crippen LogP contribution in [0.5, 0.6) is 0 Å². The lowest BCUT2D eigenvalue weighted by Crippen LogP contribution is -2.43. The van der Waals surface area contributed by atoms with Gasteiger partial charge in [-0.1, -0.05) is 24.2 Å². The second-order valence-electron chi connectivity index (χ2n) is 7.31. The topological polar surface area (TPSA) is 87.2 Å². The fraction of sp³-hybridized carbons (Fsp3) is 0.474. The largest absolute Gasteiger partial charge is 0.335 e. The van der Waals surface area contributed by atoms with Crippen molar-refractivity contribution < 1.29 is 18.4 Å². The van der Waals surface area contributed by atoms with Gasteiger partial charge in [0.15, 0.2) is 11.6 Å². The van der Waals surface area contributed by atoms with E-state index in [0.717, 1.165) is 62.0 Å². The molecule has 1 saturated carbocycles. The summed E-state index contributed by atoms with van der Waals surface area (Å²) < 4.78 is 26.3. The Kier molecular flexibility index (Phi) is 5.70. The van der Waals surface area contributed by atoms with Crippen molar-refractivity contribution in [1.82, 2.24) is 20.4 Å². The molecule has 29 heavy (non-hydrogen) atoms. The quantitative estimate of drug-likeness (QED) is 0.785. The van der Waals surface area contributed by atoms with Gasteiger partial charge in [-0.25, -0.2) is 13.6 Å². The lowest BCUT2D eigenvalue weighted by atomic mass is 10.2. The summed E-state index contributed by atoms with van der Waals surface area (Å²) in [5.74, 6) is -2.59. The van der Waals surface area contributed by atoms with Crippen LogP contribution in [-0.4, -0.2) is 39.6 Å². The summed E-state index contributed by atoms with van der Waals surface area (Å²) in [6.07, 6.45) is 5.92. The van der Waals surface area contributed by atoms with Crippen LogP contribution in [0.15, 0.2) is 18.2 Å². The maximum absolute atomic E-state index is 13.3. The SMILES string of the molecule is O=C(Nc1ccc(F)c(F)c1)c1nnc([C@H]2CCCN2C(=O)NC2CCCC2)s1. The molecule has 1 saturated heterocycles. The highest BCUT2D eigenvalue weighted by Gasteiger charge is 2.34. The number of rotatable bonds is 4. The molecule has 1 aromatic heterocycles. The Balaban J connectivity index is 1.42. The number of amides is 3. The molecule has 2 aromatic rings. The smallest absolute Gasteiger partial charge is 0.318 e. The predicted molar refractivity (Wildman–Crippen MR) is 104 cm³/mol. The van der Waals surface area contributed by atoms with Crippen LogP contribution < -0.4 is 10.6 Å². The van der Waals surface area contributed by atoms with E-state index in [0.29, 0.717) is 11.6 Å².